The molecule has 1 saturated heterocycles. The molecular formula is C16H28N4O. The number of nitrogens with zero attached hydrogens (tertiary/aromatic N) is 3. The van der Waals surface area contributed by atoms with Crippen molar-refractivity contribution < 1.29 is 5.11 Å². The van der Waals surface area contributed by atoms with Crippen LogP contribution >= 0.6 is 0 Å². The van der Waals surface area contributed by atoms with E-state index in [1.807, 2.05) is 6.07 Å². The Labute approximate surface area is 127 Å². The number of nitrogens with one attached hydrogen (secondary N) is 1. The Morgan fingerprint density at radius 3 is 2.81 bits per heavy atom. The smallest absolute Gasteiger partial charge is 0.135 e. The standard InChI is InChI=1S/C16H28N4O/c1-5-7-17-14-9-15(19-16(18-14)11(2)3)20-8-6-12(4)13(21)10-20/h9,11-13,21H,5-8,10H2,1-4H3,(H,17,18,19). The molecule has 0 amide bonds. The summed E-state index contributed by atoms with van der Waals surface area (Å²) in [5, 5.41) is 13.4. The summed E-state index contributed by atoms with van der Waals surface area (Å²) in [5.41, 5.74) is 0. The predicted octanol–water partition coefficient (Wildman–Crippen LogP) is 2.63. The van der Waals surface area contributed by atoms with Crippen LogP contribution in [0.1, 0.15) is 52.3 Å². The highest BCUT2D eigenvalue weighted by molar-refractivity contribution is 5.50. The monoisotopic (exact) mass is 292 g/mol. The Morgan fingerprint density at radius 1 is 1.43 bits per heavy atom. The summed E-state index contributed by atoms with van der Waals surface area (Å²) in [7, 11) is 0. The van der Waals surface area contributed by atoms with Crippen molar-refractivity contribution in [3.05, 3.63) is 11.9 Å². The molecule has 21 heavy (non-hydrogen) atoms. The zero-order chi connectivity index (χ0) is 15.4. The molecule has 118 valence electrons. The van der Waals surface area contributed by atoms with Crippen LogP contribution in [-0.4, -0.2) is 40.8 Å². The lowest BCUT2D eigenvalue weighted by Crippen LogP contribution is -2.43. The quantitative estimate of drug-likeness (QED) is 0.873. The molecule has 0 aliphatic carbocycles. The van der Waals surface area contributed by atoms with E-state index < -0.39 is 0 Å². The van der Waals surface area contributed by atoms with Crippen LogP contribution in [0.2, 0.25) is 0 Å². The SMILES string of the molecule is CCCNc1cc(N2CCC(C)C(O)C2)nc(C(C)C)n1. The molecule has 0 radical (unpaired) electrons. The second-order valence-corrected chi connectivity index (χ2v) is 6.33. The van der Waals surface area contributed by atoms with Crippen LogP contribution < -0.4 is 10.2 Å². The molecule has 2 heterocycles. The first-order valence-corrected chi connectivity index (χ1v) is 8.07. The highest BCUT2D eigenvalue weighted by Crippen LogP contribution is 2.25. The van der Waals surface area contributed by atoms with Crippen LogP contribution in [0.5, 0.6) is 0 Å². The summed E-state index contributed by atoms with van der Waals surface area (Å²) in [6.45, 7) is 11.0. The first-order valence-electron chi connectivity index (χ1n) is 8.07. The zero-order valence-electron chi connectivity index (χ0n) is 13.6. The van der Waals surface area contributed by atoms with Gasteiger partial charge < -0.3 is 15.3 Å². The minimum Gasteiger partial charge on any atom is -0.391 e. The van der Waals surface area contributed by atoms with E-state index >= 15 is 0 Å². The lowest BCUT2D eigenvalue weighted by Gasteiger charge is -2.35. The molecule has 2 unspecified atom stereocenters. The Kier molecular flexibility index (Phi) is 5.39. The van der Waals surface area contributed by atoms with Crippen molar-refractivity contribution in [2.24, 2.45) is 5.92 Å². The molecule has 0 aromatic carbocycles. The van der Waals surface area contributed by atoms with Gasteiger partial charge in [0.05, 0.1) is 6.10 Å². The lowest BCUT2D eigenvalue weighted by atomic mass is 9.96. The number of anilines is 2. The molecule has 2 rings (SSSR count). The van der Waals surface area contributed by atoms with E-state index in [-0.39, 0.29) is 6.10 Å². The van der Waals surface area contributed by atoms with Gasteiger partial charge in [-0.05, 0) is 18.8 Å². The van der Waals surface area contributed by atoms with Crippen molar-refractivity contribution in [1.82, 2.24) is 9.97 Å². The summed E-state index contributed by atoms with van der Waals surface area (Å²) >= 11 is 0. The van der Waals surface area contributed by atoms with Crippen LogP contribution in [0.4, 0.5) is 11.6 Å². The van der Waals surface area contributed by atoms with Crippen molar-refractivity contribution >= 4 is 11.6 Å². The number of piperidine rings is 1. The van der Waals surface area contributed by atoms with E-state index in [0.717, 1.165) is 43.4 Å². The van der Waals surface area contributed by atoms with Gasteiger partial charge in [0.15, 0.2) is 0 Å². The number of aromatic nitrogens is 2. The first-order chi connectivity index (χ1) is 10.0. The molecule has 2 atom stereocenters. The van der Waals surface area contributed by atoms with Gasteiger partial charge in [-0.25, -0.2) is 9.97 Å². The first kappa shape index (κ1) is 16.0. The zero-order valence-corrected chi connectivity index (χ0v) is 13.6. The molecule has 0 spiro atoms. The molecule has 1 fully saturated rings. The van der Waals surface area contributed by atoms with Gasteiger partial charge in [-0.1, -0.05) is 27.7 Å². The van der Waals surface area contributed by atoms with Crippen LogP contribution in [0.25, 0.3) is 0 Å². The fourth-order valence-corrected chi connectivity index (χ4v) is 2.47. The van der Waals surface area contributed by atoms with E-state index in [1.165, 1.54) is 0 Å². The summed E-state index contributed by atoms with van der Waals surface area (Å²) in [6, 6.07) is 2.00. The molecule has 1 aliphatic heterocycles. The predicted molar refractivity (Wildman–Crippen MR) is 86.9 cm³/mol. The molecule has 5 nitrogen and oxygen atoms in total. The van der Waals surface area contributed by atoms with Gasteiger partial charge in [0, 0.05) is 31.6 Å². The maximum atomic E-state index is 10.1. The van der Waals surface area contributed by atoms with Gasteiger partial charge in [0.2, 0.25) is 0 Å². The molecule has 2 N–H and O–H groups in total. The fraction of sp³-hybridized carbons (Fsp3) is 0.750. The molecule has 1 aliphatic rings. The highest BCUT2D eigenvalue weighted by Gasteiger charge is 2.25. The van der Waals surface area contributed by atoms with Gasteiger partial charge in [0.25, 0.3) is 0 Å². The van der Waals surface area contributed by atoms with E-state index in [9.17, 15) is 5.11 Å². The number of rotatable bonds is 5. The number of hydrogen-bond donors (Lipinski definition) is 2. The van der Waals surface area contributed by atoms with Crippen molar-refractivity contribution in [2.45, 2.75) is 52.6 Å². The van der Waals surface area contributed by atoms with Crippen LogP contribution in [0.3, 0.4) is 0 Å². The van der Waals surface area contributed by atoms with Crippen molar-refractivity contribution in [2.75, 3.05) is 29.9 Å². The largest absolute Gasteiger partial charge is 0.391 e. The Bertz CT molecular complexity index is 464. The number of aliphatic hydroxyl groups is 1. The molecular weight excluding hydrogens is 264 g/mol. The Hall–Kier alpha value is -1.36. The fourth-order valence-electron chi connectivity index (χ4n) is 2.47. The summed E-state index contributed by atoms with van der Waals surface area (Å²) in [5.74, 6) is 3.34. The van der Waals surface area contributed by atoms with Crippen LogP contribution in [0.15, 0.2) is 6.07 Å². The summed E-state index contributed by atoms with van der Waals surface area (Å²) < 4.78 is 0. The Balaban J connectivity index is 2.22. The van der Waals surface area contributed by atoms with Gasteiger partial charge in [-0.3, -0.25) is 0 Å². The minimum atomic E-state index is -0.275. The maximum absolute atomic E-state index is 10.1. The third-order valence-electron chi connectivity index (χ3n) is 4.05. The normalized spacial score (nSPS) is 22.7. The van der Waals surface area contributed by atoms with Crippen LogP contribution in [0, 0.1) is 5.92 Å². The number of β-amino-alcohol motifs (C(OH)–C–C–N with tert-alkyl or cyclic N) is 1. The topological polar surface area (TPSA) is 61.3 Å². The van der Waals surface area contributed by atoms with E-state index in [2.05, 4.69) is 47.9 Å². The van der Waals surface area contributed by atoms with Crippen molar-refractivity contribution in [1.29, 1.82) is 0 Å². The molecule has 1 aromatic rings. The summed E-state index contributed by atoms with van der Waals surface area (Å²) in [6.07, 6.45) is 1.79. The van der Waals surface area contributed by atoms with E-state index in [1.54, 1.807) is 0 Å². The average molecular weight is 292 g/mol. The molecule has 0 bridgehead atoms. The number of aliphatic hydroxyl groups excluding tert-OH is 1. The second-order valence-electron chi connectivity index (χ2n) is 6.33. The van der Waals surface area contributed by atoms with E-state index in [4.69, 9.17) is 0 Å². The van der Waals surface area contributed by atoms with Gasteiger partial charge in [-0.15, -0.1) is 0 Å². The minimum absolute atomic E-state index is 0.275. The van der Waals surface area contributed by atoms with Crippen molar-refractivity contribution in [3.8, 4) is 0 Å². The molecule has 1 aromatic heterocycles. The third kappa shape index (κ3) is 4.06. The van der Waals surface area contributed by atoms with Gasteiger partial charge in [-0.2, -0.15) is 0 Å². The van der Waals surface area contributed by atoms with Crippen molar-refractivity contribution in [3.63, 3.8) is 0 Å². The lowest BCUT2D eigenvalue weighted by molar-refractivity contribution is 0.102. The Morgan fingerprint density at radius 2 is 2.19 bits per heavy atom. The van der Waals surface area contributed by atoms with Gasteiger partial charge in [0.1, 0.15) is 17.5 Å². The van der Waals surface area contributed by atoms with Crippen LogP contribution in [-0.2, 0) is 0 Å². The molecule has 5 heteroatoms. The van der Waals surface area contributed by atoms with Gasteiger partial charge >= 0.3 is 0 Å². The van der Waals surface area contributed by atoms with E-state index in [0.29, 0.717) is 18.4 Å². The second kappa shape index (κ2) is 7.07. The summed E-state index contributed by atoms with van der Waals surface area (Å²) in [4.78, 5) is 11.5. The highest BCUT2D eigenvalue weighted by atomic mass is 16.3. The third-order valence-corrected chi connectivity index (χ3v) is 4.05. The number of hydrogen-bond acceptors (Lipinski definition) is 5. The maximum Gasteiger partial charge on any atom is 0.135 e. The molecule has 0 saturated carbocycles. The average Bonchev–Trinajstić information content (AvgIpc) is 2.47.